The SMILES string of the molecule is C#CCNc1ccc(C)c(N(C)C)c1. The summed E-state index contributed by atoms with van der Waals surface area (Å²) >= 11 is 0. The van der Waals surface area contributed by atoms with Gasteiger partial charge in [0, 0.05) is 25.5 Å². The Morgan fingerprint density at radius 1 is 1.43 bits per heavy atom. The van der Waals surface area contributed by atoms with Gasteiger partial charge in [-0.05, 0) is 24.6 Å². The summed E-state index contributed by atoms with van der Waals surface area (Å²) in [5.41, 5.74) is 3.55. The van der Waals surface area contributed by atoms with Crippen molar-refractivity contribution >= 4 is 11.4 Å². The lowest BCUT2D eigenvalue weighted by Crippen LogP contribution is -2.10. The van der Waals surface area contributed by atoms with E-state index < -0.39 is 0 Å². The highest BCUT2D eigenvalue weighted by atomic mass is 15.1. The lowest BCUT2D eigenvalue weighted by molar-refractivity contribution is 1.11. The van der Waals surface area contributed by atoms with Gasteiger partial charge < -0.3 is 10.2 Å². The fourth-order valence-electron chi connectivity index (χ4n) is 1.35. The summed E-state index contributed by atoms with van der Waals surface area (Å²) in [6.45, 7) is 2.66. The third-order valence-electron chi connectivity index (χ3n) is 2.09. The minimum atomic E-state index is 0.565. The summed E-state index contributed by atoms with van der Waals surface area (Å²) < 4.78 is 0. The molecule has 0 bridgehead atoms. The highest BCUT2D eigenvalue weighted by Crippen LogP contribution is 2.22. The molecule has 1 rings (SSSR count). The zero-order chi connectivity index (χ0) is 10.6. The van der Waals surface area contributed by atoms with Crippen LogP contribution in [0.3, 0.4) is 0 Å². The van der Waals surface area contributed by atoms with Crippen molar-refractivity contribution in [3.05, 3.63) is 23.8 Å². The molecule has 0 unspecified atom stereocenters. The quantitative estimate of drug-likeness (QED) is 0.731. The predicted molar refractivity (Wildman–Crippen MR) is 62.8 cm³/mol. The molecular formula is C12H16N2. The zero-order valence-electron chi connectivity index (χ0n) is 8.96. The first kappa shape index (κ1) is 10.5. The zero-order valence-corrected chi connectivity index (χ0v) is 8.96. The number of hydrogen-bond donors (Lipinski definition) is 1. The first-order chi connectivity index (χ1) is 6.65. The van der Waals surface area contributed by atoms with Gasteiger partial charge in [0.25, 0.3) is 0 Å². The molecule has 0 aliphatic heterocycles. The van der Waals surface area contributed by atoms with Crippen LogP contribution in [0.2, 0.25) is 0 Å². The van der Waals surface area contributed by atoms with E-state index >= 15 is 0 Å². The summed E-state index contributed by atoms with van der Waals surface area (Å²) in [4.78, 5) is 2.09. The Bertz CT molecular complexity index is 348. The van der Waals surface area contributed by atoms with E-state index in [1.165, 1.54) is 11.3 Å². The van der Waals surface area contributed by atoms with Crippen molar-refractivity contribution in [1.82, 2.24) is 0 Å². The van der Waals surface area contributed by atoms with E-state index in [0.717, 1.165) is 5.69 Å². The summed E-state index contributed by atoms with van der Waals surface area (Å²) in [5, 5.41) is 3.15. The largest absolute Gasteiger partial charge is 0.377 e. The first-order valence-electron chi connectivity index (χ1n) is 4.60. The minimum Gasteiger partial charge on any atom is -0.377 e. The van der Waals surface area contributed by atoms with Gasteiger partial charge in [-0.15, -0.1) is 6.42 Å². The predicted octanol–water partition coefficient (Wildman–Crippen LogP) is 2.11. The molecule has 2 heteroatoms. The molecule has 0 saturated carbocycles. The van der Waals surface area contributed by atoms with Crippen LogP contribution in [-0.4, -0.2) is 20.6 Å². The van der Waals surface area contributed by atoms with Crippen LogP contribution in [0.1, 0.15) is 5.56 Å². The molecule has 0 aliphatic carbocycles. The van der Waals surface area contributed by atoms with Crippen molar-refractivity contribution < 1.29 is 0 Å². The molecule has 0 amide bonds. The molecule has 0 atom stereocenters. The first-order valence-corrected chi connectivity index (χ1v) is 4.60. The van der Waals surface area contributed by atoms with Crippen LogP contribution < -0.4 is 10.2 Å². The fourth-order valence-corrected chi connectivity index (χ4v) is 1.35. The standard InChI is InChI=1S/C12H16N2/c1-5-8-13-11-7-6-10(2)12(9-11)14(3)4/h1,6-7,9,13H,8H2,2-4H3. The van der Waals surface area contributed by atoms with Crippen molar-refractivity contribution in [1.29, 1.82) is 0 Å². The Hall–Kier alpha value is -1.62. The molecule has 14 heavy (non-hydrogen) atoms. The van der Waals surface area contributed by atoms with E-state index in [2.05, 4.69) is 35.2 Å². The van der Waals surface area contributed by atoms with Gasteiger partial charge in [-0.1, -0.05) is 12.0 Å². The molecule has 1 aromatic carbocycles. The van der Waals surface area contributed by atoms with Gasteiger partial charge in [0.05, 0.1) is 6.54 Å². The number of aryl methyl sites for hydroxylation is 1. The number of terminal acetylenes is 1. The maximum Gasteiger partial charge on any atom is 0.0763 e. The highest BCUT2D eigenvalue weighted by molar-refractivity contribution is 5.62. The number of hydrogen-bond acceptors (Lipinski definition) is 2. The monoisotopic (exact) mass is 188 g/mol. The molecule has 0 spiro atoms. The van der Waals surface area contributed by atoms with Crippen LogP contribution in [0.25, 0.3) is 0 Å². The van der Waals surface area contributed by atoms with Gasteiger partial charge in [0.2, 0.25) is 0 Å². The molecule has 2 nitrogen and oxygen atoms in total. The molecular weight excluding hydrogens is 172 g/mol. The lowest BCUT2D eigenvalue weighted by Gasteiger charge is -2.17. The van der Waals surface area contributed by atoms with E-state index in [1.807, 2.05) is 20.2 Å². The number of nitrogens with one attached hydrogen (secondary N) is 1. The Kier molecular flexibility index (Phi) is 3.41. The molecule has 0 heterocycles. The Morgan fingerprint density at radius 2 is 2.14 bits per heavy atom. The fraction of sp³-hybridized carbons (Fsp3) is 0.333. The molecule has 0 aromatic heterocycles. The minimum absolute atomic E-state index is 0.565. The molecule has 0 saturated heterocycles. The van der Waals surface area contributed by atoms with Crippen LogP contribution in [-0.2, 0) is 0 Å². The van der Waals surface area contributed by atoms with Gasteiger partial charge in [0.1, 0.15) is 0 Å². The number of rotatable bonds is 3. The third kappa shape index (κ3) is 2.43. The summed E-state index contributed by atoms with van der Waals surface area (Å²) in [7, 11) is 4.07. The van der Waals surface area contributed by atoms with Gasteiger partial charge in [-0.2, -0.15) is 0 Å². The molecule has 0 aliphatic rings. The third-order valence-corrected chi connectivity index (χ3v) is 2.09. The summed E-state index contributed by atoms with van der Waals surface area (Å²) in [5.74, 6) is 2.55. The Labute approximate surface area is 85.9 Å². The second-order valence-electron chi connectivity index (χ2n) is 3.45. The van der Waals surface area contributed by atoms with Crippen molar-refractivity contribution in [2.75, 3.05) is 30.9 Å². The van der Waals surface area contributed by atoms with E-state index in [0.29, 0.717) is 6.54 Å². The highest BCUT2D eigenvalue weighted by Gasteiger charge is 2.01. The maximum atomic E-state index is 5.18. The molecule has 1 N–H and O–H groups in total. The van der Waals surface area contributed by atoms with Crippen LogP contribution in [0, 0.1) is 19.3 Å². The number of benzene rings is 1. The second-order valence-corrected chi connectivity index (χ2v) is 3.45. The Balaban J connectivity index is 2.90. The lowest BCUT2D eigenvalue weighted by atomic mass is 10.1. The Morgan fingerprint density at radius 3 is 2.71 bits per heavy atom. The van der Waals surface area contributed by atoms with E-state index in [-0.39, 0.29) is 0 Å². The molecule has 74 valence electrons. The van der Waals surface area contributed by atoms with Crippen molar-refractivity contribution in [2.24, 2.45) is 0 Å². The summed E-state index contributed by atoms with van der Waals surface area (Å²) in [6, 6.07) is 6.24. The maximum absolute atomic E-state index is 5.18. The number of anilines is 2. The summed E-state index contributed by atoms with van der Waals surface area (Å²) in [6.07, 6.45) is 5.18. The molecule has 0 radical (unpaired) electrons. The average Bonchev–Trinajstić information content (AvgIpc) is 2.16. The van der Waals surface area contributed by atoms with Crippen LogP contribution in [0.4, 0.5) is 11.4 Å². The topological polar surface area (TPSA) is 15.3 Å². The van der Waals surface area contributed by atoms with Crippen LogP contribution >= 0.6 is 0 Å². The van der Waals surface area contributed by atoms with Crippen molar-refractivity contribution in [3.63, 3.8) is 0 Å². The second kappa shape index (κ2) is 4.57. The average molecular weight is 188 g/mol. The normalized spacial score (nSPS) is 9.29. The van der Waals surface area contributed by atoms with E-state index in [1.54, 1.807) is 0 Å². The van der Waals surface area contributed by atoms with Crippen LogP contribution in [0.5, 0.6) is 0 Å². The number of nitrogens with zero attached hydrogens (tertiary/aromatic N) is 1. The van der Waals surface area contributed by atoms with E-state index in [4.69, 9.17) is 6.42 Å². The van der Waals surface area contributed by atoms with Crippen LogP contribution in [0.15, 0.2) is 18.2 Å². The van der Waals surface area contributed by atoms with Crippen molar-refractivity contribution in [2.45, 2.75) is 6.92 Å². The van der Waals surface area contributed by atoms with Gasteiger partial charge in [-0.3, -0.25) is 0 Å². The smallest absolute Gasteiger partial charge is 0.0763 e. The van der Waals surface area contributed by atoms with Crippen molar-refractivity contribution in [3.8, 4) is 12.3 Å². The molecule has 1 aromatic rings. The van der Waals surface area contributed by atoms with E-state index in [9.17, 15) is 0 Å². The molecule has 0 fully saturated rings. The van der Waals surface area contributed by atoms with Gasteiger partial charge >= 0.3 is 0 Å². The van der Waals surface area contributed by atoms with Gasteiger partial charge in [0.15, 0.2) is 0 Å². The van der Waals surface area contributed by atoms with Gasteiger partial charge in [-0.25, -0.2) is 0 Å².